The summed E-state index contributed by atoms with van der Waals surface area (Å²) in [6, 6.07) is 8.35. The van der Waals surface area contributed by atoms with E-state index >= 15 is 0 Å². The molecule has 2 N–H and O–H groups in total. The van der Waals surface area contributed by atoms with E-state index in [0.717, 1.165) is 12.2 Å². The Morgan fingerprint density at radius 2 is 2.08 bits per heavy atom. The maximum absolute atomic E-state index is 3.05. The molecule has 0 fully saturated rings. The molecule has 0 aliphatic rings. The molecule has 0 atom stereocenters. The highest BCUT2D eigenvalue weighted by molar-refractivity contribution is 5.44. The number of nitrogens with zero attached hydrogens (tertiary/aromatic N) is 1. The van der Waals surface area contributed by atoms with E-state index in [0.29, 0.717) is 0 Å². The molecule has 3 nitrogen and oxygen atoms in total. The first-order valence-electron chi connectivity index (χ1n) is 4.39. The Hall–Kier alpha value is -1.06. The van der Waals surface area contributed by atoms with Crippen molar-refractivity contribution in [3.8, 4) is 0 Å². The van der Waals surface area contributed by atoms with Crippen LogP contribution in [0.1, 0.15) is 5.56 Å². The van der Waals surface area contributed by atoms with Gasteiger partial charge in [-0.2, -0.15) is 0 Å². The minimum atomic E-state index is 0.971. The van der Waals surface area contributed by atoms with Gasteiger partial charge in [-0.25, -0.2) is 5.43 Å². The number of hydrogen-bond donors (Lipinski definition) is 2. The van der Waals surface area contributed by atoms with Gasteiger partial charge < -0.3 is 10.3 Å². The van der Waals surface area contributed by atoms with Gasteiger partial charge in [-0.15, -0.1) is 0 Å². The summed E-state index contributed by atoms with van der Waals surface area (Å²) in [4.78, 5) is 2.15. The Labute approximate surface area is 79.7 Å². The third-order valence-corrected chi connectivity index (χ3v) is 1.70. The minimum absolute atomic E-state index is 0.971. The molecule has 1 aromatic carbocycles. The summed E-state index contributed by atoms with van der Waals surface area (Å²) in [5, 5.41) is 0. The topological polar surface area (TPSA) is 27.3 Å². The summed E-state index contributed by atoms with van der Waals surface area (Å²) in [6.45, 7) is 0.971. The zero-order valence-electron chi connectivity index (χ0n) is 8.46. The number of benzene rings is 1. The summed E-state index contributed by atoms with van der Waals surface area (Å²) in [5.41, 5.74) is 8.36. The fourth-order valence-corrected chi connectivity index (χ4v) is 1.26. The third kappa shape index (κ3) is 3.44. The van der Waals surface area contributed by atoms with Crippen LogP contribution in [-0.2, 0) is 6.54 Å². The van der Waals surface area contributed by atoms with E-state index in [1.807, 2.05) is 13.1 Å². The lowest BCUT2D eigenvalue weighted by atomic mass is 10.2. The fourth-order valence-electron chi connectivity index (χ4n) is 1.26. The predicted octanol–water partition coefficient (Wildman–Crippen LogP) is 1.29. The molecule has 0 aliphatic heterocycles. The predicted molar refractivity (Wildman–Crippen MR) is 56.5 cm³/mol. The standard InChI is InChI=1S/C10H17N3/c1-11-12-10-6-4-5-9(7-10)8-13(2)3/h4-7,11-12H,8H2,1-3H3. The molecular formula is C10H17N3. The van der Waals surface area contributed by atoms with Crippen LogP contribution >= 0.6 is 0 Å². The van der Waals surface area contributed by atoms with E-state index in [4.69, 9.17) is 0 Å². The first kappa shape index (κ1) is 10.0. The molecule has 0 heterocycles. The number of anilines is 1. The second-order valence-electron chi connectivity index (χ2n) is 3.31. The maximum atomic E-state index is 3.05. The highest BCUT2D eigenvalue weighted by atomic mass is 15.3. The van der Waals surface area contributed by atoms with Crippen molar-refractivity contribution in [1.82, 2.24) is 10.3 Å². The van der Waals surface area contributed by atoms with Gasteiger partial charge in [0.25, 0.3) is 0 Å². The van der Waals surface area contributed by atoms with Crippen molar-refractivity contribution in [2.45, 2.75) is 6.54 Å². The lowest BCUT2D eigenvalue weighted by Gasteiger charge is -2.11. The molecular weight excluding hydrogens is 162 g/mol. The lowest BCUT2D eigenvalue weighted by molar-refractivity contribution is 0.402. The van der Waals surface area contributed by atoms with Gasteiger partial charge in [0.05, 0.1) is 0 Å². The second-order valence-corrected chi connectivity index (χ2v) is 3.31. The van der Waals surface area contributed by atoms with Crippen LogP contribution in [0.2, 0.25) is 0 Å². The van der Waals surface area contributed by atoms with Crippen molar-refractivity contribution in [2.75, 3.05) is 26.6 Å². The lowest BCUT2D eigenvalue weighted by Crippen LogP contribution is -2.15. The van der Waals surface area contributed by atoms with E-state index in [-0.39, 0.29) is 0 Å². The van der Waals surface area contributed by atoms with Crippen LogP contribution in [0.5, 0.6) is 0 Å². The quantitative estimate of drug-likeness (QED) is 0.682. The van der Waals surface area contributed by atoms with Crippen LogP contribution in [0.15, 0.2) is 24.3 Å². The van der Waals surface area contributed by atoms with Crippen molar-refractivity contribution in [3.63, 3.8) is 0 Å². The molecule has 3 heteroatoms. The van der Waals surface area contributed by atoms with Crippen LogP contribution in [0, 0.1) is 0 Å². The molecule has 1 rings (SSSR count). The molecule has 0 spiro atoms. The van der Waals surface area contributed by atoms with Crippen LogP contribution in [0.4, 0.5) is 5.69 Å². The molecule has 1 aromatic rings. The number of rotatable bonds is 4. The zero-order valence-corrected chi connectivity index (χ0v) is 8.46. The fraction of sp³-hybridized carbons (Fsp3) is 0.400. The zero-order chi connectivity index (χ0) is 9.68. The third-order valence-electron chi connectivity index (χ3n) is 1.70. The molecule has 0 saturated carbocycles. The summed E-state index contributed by atoms with van der Waals surface area (Å²) in [5.74, 6) is 0. The highest BCUT2D eigenvalue weighted by Gasteiger charge is 1.95. The van der Waals surface area contributed by atoms with E-state index < -0.39 is 0 Å². The van der Waals surface area contributed by atoms with Gasteiger partial charge in [0, 0.05) is 19.3 Å². The monoisotopic (exact) mass is 179 g/mol. The number of nitrogens with one attached hydrogen (secondary N) is 2. The number of hydrogen-bond acceptors (Lipinski definition) is 3. The van der Waals surface area contributed by atoms with Crippen molar-refractivity contribution in [1.29, 1.82) is 0 Å². The van der Waals surface area contributed by atoms with Gasteiger partial charge in [0.15, 0.2) is 0 Å². The average molecular weight is 179 g/mol. The van der Waals surface area contributed by atoms with Gasteiger partial charge in [-0.05, 0) is 31.8 Å². The molecule has 72 valence electrons. The van der Waals surface area contributed by atoms with Crippen LogP contribution < -0.4 is 10.9 Å². The van der Waals surface area contributed by atoms with Crippen molar-refractivity contribution < 1.29 is 0 Å². The maximum Gasteiger partial charge on any atom is 0.0490 e. The molecule has 13 heavy (non-hydrogen) atoms. The normalized spacial score (nSPS) is 10.5. The van der Waals surface area contributed by atoms with Gasteiger partial charge in [-0.1, -0.05) is 12.1 Å². The van der Waals surface area contributed by atoms with Gasteiger partial charge in [0.1, 0.15) is 0 Å². The van der Waals surface area contributed by atoms with Gasteiger partial charge in [-0.3, -0.25) is 0 Å². The highest BCUT2D eigenvalue weighted by Crippen LogP contribution is 2.10. The van der Waals surface area contributed by atoms with Gasteiger partial charge >= 0.3 is 0 Å². The Kier molecular flexibility index (Phi) is 3.73. The first-order valence-corrected chi connectivity index (χ1v) is 4.39. The van der Waals surface area contributed by atoms with Crippen LogP contribution in [-0.4, -0.2) is 26.0 Å². The molecule has 0 aromatic heterocycles. The van der Waals surface area contributed by atoms with Crippen LogP contribution in [0.3, 0.4) is 0 Å². The van der Waals surface area contributed by atoms with E-state index in [1.54, 1.807) is 0 Å². The summed E-state index contributed by atoms with van der Waals surface area (Å²) < 4.78 is 0. The molecule has 0 aliphatic carbocycles. The average Bonchev–Trinajstić information content (AvgIpc) is 2.04. The van der Waals surface area contributed by atoms with Gasteiger partial charge in [0.2, 0.25) is 0 Å². The Morgan fingerprint density at radius 3 is 2.69 bits per heavy atom. The molecule has 0 unspecified atom stereocenters. The Bertz CT molecular complexity index is 258. The summed E-state index contributed by atoms with van der Waals surface area (Å²) in [7, 11) is 6.00. The second kappa shape index (κ2) is 4.84. The van der Waals surface area contributed by atoms with Crippen molar-refractivity contribution in [2.24, 2.45) is 0 Å². The first-order chi connectivity index (χ1) is 6.22. The largest absolute Gasteiger partial charge is 0.322 e. The SMILES string of the molecule is CNNc1cccc(CN(C)C)c1. The Balaban J connectivity index is 2.67. The summed E-state index contributed by atoms with van der Waals surface area (Å²) >= 11 is 0. The summed E-state index contributed by atoms with van der Waals surface area (Å²) in [6.07, 6.45) is 0. The molecule has 0 saturated heterocycles. The van der Waals surface area contributed by atoms with Crippen molar-refractivity contribution >= 4 is 5.69 Å². The minimum Gasteiger partial charge on any atom is -0.322 e. The van der Waals surface area contributed by atoms with E-state index in [9.17, 15) is 0 Å². The number of hydrazine groups is 1. The Morgan fingerprint density at radius 1 is 1.31 bits per heavy atom. The van der Waals surface area contributed by atoms with Crippen LogP contribution in [0.25, 0.3) is 0 Å². The smallest absolute Gasteiger partial charge is 0.0490 e. The molecule has 0 amide bonds. The van der Waals surface area contributed by atoms with E-state index in [1.165, 1.54) is 5.56 Å². The van der Waals surface area contributed by atoms with E-state index in [2.05, 4.69) is 48.0 Å². The van der Waals surface area contributed by atoms with Crippen molar-refractivity contribution in [3.05, 3.63) is 29.8 Å². The molecule has 0 radical (unpaired) electrons. The molecule has 0 bridgehead atoms.